The Hall–Kier alpha value is -1.14. The molecular formula is C12H23NO4Si. The van der Waals surface area contributed by atoms with Crippen LogP contribution in [0.2, 0.25) is 13.1 Å². The van der Waals surface area contributed by atoms with Gasteiger partial charge in [0.25, 0.3) is 0 Å². The summed E-state index contributed by atoms with van der Waals surface area (Å²) < 4.78 is 5.26. The molecule has 0 saturated heterocycles. The molecule has 18 heavy (non-hydrogen) atoms. The summed E-state index contributed by atoms with van der Waals surface area (Å²) in [6, 6.07) is -0.726. The SMILES string of the molecule is C=CC(C(=O)O[SiH](C)C)N(CC(=O)O)C(C)(C)C. The third-order valence-corrected chi connectivity index (χ3v) is 3.02. The third-order valence-electron chi connectivity index (χ3n) is 2.32. The van der Waals surface area contributed by atoms with Crippen molar-refractivity contribution in [2.45, 2.75) is 45.4 Å². The Morgan fingerprint density at radius 3 is 2.22 bits per heavy atom. The van der Waals surface area contributed by atoms with Gasteiger partial charge in [0, 0.05) is 5.54 Å². The topological polar surface area (TPSA) is 66.8 Å². The van der Waals surface area contributed by atoms with Crippen LogP contribution in [-0.2, 0) is 14.0 Å². The highest BCUT2D eigenvalue weighted by Crippen LogP contribution is 2.18. The monoisotopic (exact) mass is 273 g/mol. The highest BCUT2D eigenvalue weighted by molar-refractivity contribution is 6.50. The number of carboxylic acids is 1. The average molecular weight is 273 g/mol. The number of hydrogen-bond donors (Lipinski definition) is 1. The number of carbonyl (C=O) groups excluding carboxylic acids is 1. The normalized spacial score (nSPS) is 13.5. The van der Waals surface area contributed by atoms with Gasteiger partial charge in [-0.2, -0.15) is 0 Å². The van der Waals surface area contributed by atoms with Crippen molar-refractivity contribution in [3.63, 3.8) is 0 Å². The molecule has 6 heteroatoms. The predicted octanol–water partition coefficient (Wildman–Crippen LogP) is 1.25. The van der Waals surface area contributed by atoms with Crippen LogP contribution in [0.4, 0.5) is 0 Å². The standard InChI is InChI=1S/C12H23NO4Si/c1-7-9(11(16)17-18(5)6)13(8-10(14)15)12(2,3)4/h7,9,18H,1,8H2,2-6H3,(H,14,15). The lowest BCUT2D eigenvalue weighted by atomic mass is 10.0. The molecule has 0 rings (SSSR count). The number of nitrogens with zero attached hydrogens (tertiary/aromatic N) is 1. The van der Waals surface area contributed by atoms with Crippen molar-refractivity contribution in [3.05, 3.63) is 12.7 Å². The van der Waals surface area contributed by atoms with E-state index in [0.29, 0.717) is 0 Å². The maximum absolute atomic E-state index is 12.0. The van der Waals surface area contributed by atoms with E-state index in [1.54, 1.807) is 4.90 Å². The Balaban J connectivity index is 5.09. The van der Waals surface area contributed by atoms with E-state index in [2.05, 4.69) is 6.58 Å². The molecule has 0 bridgehead atoms. The van der Waals surface area contributed by atoms with Crippen molar-refractivity contribution >= 4 is 21.0 Å². The summed E-state index contributed by atoms with van der Waals surface area (Å²) in [4.78, 5) is 24.4. The molecule has 0 aromatic carbocycles. The first-order valence-electron chi connectivity index (χ1n) is 5.91. The van der Waals surface area contributed by atoms with Crippen LogP contribution in [0.25, 0.3) is 0 Å². The minimum atomic E-state index is -1.50. The van der Waals surface area contributed by atoms with Gasteiger partial charge in [0.2, 0.25) is 9.04 Å². The Morgan fingerprint density at radius 1 is 1.44 bits per heavy atom. The summed E-state index contributed by atoms with van der Waals surface area (Å²) in [7, 11) is -1.50. The number of rotatable bonds is 6. The summed E-state index contributed by atoms with van der Waals surface area (Å²) in [6.45, 7) is 12.7. The minimum Gasteiger partial charge on any atom is -0.521 e. The highest BCUT2D eigenvalue weighted by Gasteiger charge is 2.34. The zero-order valence-electron chi connectivity index (χ0n) is 11.8. The van der Waals surface area contributed by atoms with Crippen molar-refractivity contribution in [2.24, 2.45) is 0 Å². The molecule has 1 atom stereocenters. The number of carboxylic acid groups (broad SMARTS) is 1. The van der Waals surface area contributed by atoms with Crippen molar-refractivity contribution in [1.82, 2.24) is 4.90 Å². The van der Waals surface area contributed by atoms with Crippen LogP contribution in [0.5, 0.6) is 0 Å². The number of aliphatic carboxylic acids is 1. The van der Waals surface area contributed by atoms with Crippen LogP contribution in [0.15, 0.2) is 12.7 Å². The molecule has 0 aromatic rings. The molecular weight excluding hydrogens is 250 g/mol. The van der Waals surface area contributed by atoms with Gasteiger partial charge in [0.05, 0.1) is 6.54 Å². The largest absolute Gasteiger partial charge is 0.521 e. The number of hydrogen-bond acceptors (Lipinski definition) is 4. The van der Waals surface area contributed by atoms with Crippen molar-refractivity contribution < 1.29 is 19.1 Å². The summed E-state index contributed by atoms with van der Waals surface area (Å²) >= 11 is 0. The van der Waals surface area contributed by atoms with Gasteiger partial charge in [-0.15, -0.1) is 6.58 Å². The Morgan fingerprint density at radius 2 is 1.94 bits per heavy atom. The molecule has 0 aliphatic rings. The van der Waals surface area contributed by atoms with E-state index in [1.165, 1.54) is 6.08 Å². The van der Waals surface area contributed by atoms with Gasteiger partial charge in [-0.1, -0.05) is 6.08 Å². The fourth-order valence-electron chi connectivity index (χ4n) is 1.55. The zero-order valence-corrected chi connectivity index (χ0v) is 12.9. The number of carbonyl (C=O) groups is 2. The molecule has 0 heterocycles. The molecule has 0 aromatic heterocycles. The molecule has 1 N–H and O–H groups in total. The lowest BCUT2D eigenvalue weighted by molar-refractivity contribution is -0.146. The van der Waals surface area contributed by atoms with E-state index in [9.17, 15) is 9.59 Å². The Labute approximate surface area is 110 Å². The van der Waals surface area contributed by atoms with Crippen molar-refractivity contribution in [1.29, 1.82) is 0 Å². The summed E-state index contributed by atoms with van der Waals surface area (Å²) in [6.07, 6.45) is 1.44. The van der Waals surface area contributed by atoms with Crippen LogP contribution < -0.4 is 0 Å². The van der Waals surface area contributed by atoms with E-state index in [4.69, 9.17) is 9.53 Å². The second-order valence-corrected chi connectivity index (χ2v) is 7.69. The molecule has 0 radical (unpaired) electrons. The van der Waals surface area contributed by atoms with E-state index in [1.807, 2.05) is 33.9 Å². The smallest absolute Gasteiger partial charge is 0.317 e. The Bertz CT molecular complexity index is 323. The third kappa shape index (κ3) is 5.46. The lowest BCUT2D eigenvalue weighted by Gasteiger charge is -2.38. The van der Waals surface area contributed by atoms with Gasteiger partial charge in [-0.3, -0.25) is 14.5 Å². The summed E-state index contributed by atoms with van der Waals surface area (Å²) in [5, 5.41) is 8.94. The quantitative estimate of drug-likeness (QED) is 0.583. The van der Waals surface area contributed by atoms with Gasteiger partial charge in [-0.25, -0.2) is 0 Å². The molecule has 0 amide bonds. The van der Waals surface area contributed by atoms with E-state index < -0.39 is 32.6 Å². The van der Waals surface area contributed by atoms with Gasteiger partial charge in [-0.05, 0) is 33.9 Å². The van der Waals surface area contributed by atoms with Gasteiger partial charge >= 0.3 is 11.9 Å². The van der Waals surface area contributed by atoms with Gasteiger partial charge in [0.1, 0.15) is 6.04 Å². The first kappa shape index (κ1) is 16.9. The van der Waals surface area contributed by atoms with E-state index in [-0.39, 0.29) is 6.54 Å². The van der Waals surface area contributed by atoms with Crippen molar-refractivity contribution in [3.8, 4) is 0 Å². The maximum atomic E-state index is 12.0. The lowest BCUT2D eigenvalue weighted by Crippen LogP contribution is -2.53. The van der Waals surface area contributed by atoms with Crippen LogP contribution in [0.1, 0.15) is 20.8 Å². The molecule has 0 aliphatic carbocycles. The van der Waals surface area contributed by atoms with E-state index in [0.717, 1.165) is 0 Å². The zero-order chi connectivity index (χ0) is 14.5. The summed E-state index contributed by atoms with van der Waals surface area (Å²) in [5.41, 5.74) is -0.463. The predicted molar refractivity (Wildman–Crippen MR) is 73.0 cm³/mol. The molecule has 5 nitrogen and oxygen atoms in total. The fraction of sp³-hybridized carbons (Fsp3) is 0.667. The summed E-state index contributed by atoms with van der Waals surface area (Å²) in [5.74, 6) is -1.39. The average Bonchev–Trinajstić information content (AvgIpc) is 2.13. The second kappa shape index (κ2) is 6.70. The second-order valence-electron chi connectivity index (χ2n) is 5.36. The first-order valence-corrected chi connectivity index (χ1v) is 8.69. The molecule has 0 aliphatic heterocycles. The molecule has 0 spiro atoms. The van der Waals surface area contributed by atoms with Crippen LogP contribution in [0.3, 0.4) is 0 Å². The molecule has 104 valence electrons. The van der Waals surface area contributed by atoms with Gasteiger partial charge in [0.15, 0.2) is 0 Å². The van der Waals surface area contributed by atoms with Crippen LogP contribution in [-0.4, -0.2) is 49.1 Å². The van der Waals surface area contributed by atoms with Crippen LogP contribution >= 0.6 is 0 Å². The molecule has 0 fully saturated rings. The van der Waals surface area contributed by atoms with Crippen LogP contribution in [0, 0.1) is 0 Å². The molecule has 0 saturated carbocycles. The minimum absolute atomic E-state index is 0.227. The van der Waals surface area contributed by atoms with E-state index >= 15 is 0 Å². The van der Waals surface area contributed by atoms with Gasteiger partial charge < -0.3 is 9.53 Å². The fourth-order valence-corrected chi connectivity index (χ4v) is 2.16. The first-order chi connectivity index (χ1) is 8.09. The maximum Gasteiger partial charge on any atom is 0.317 e. The van der Waals surface area contributed by atoms with Crippen molar-refractivity contribution in [2.75, 3.05) is 6.54 Å². The Kier molecular flexibility index (Phi) is 6.27. The highest BCUT2D eigenvalue weighted by atomic mass is 28.3. The molecule has 1 unspecified atom stereocenters.